The SMILES string of the molecule is C=C(CCc1ccc(C)cc1)c1ccc(OC(C)(C)C(=O)OCc2ccccc2)cc1. The number of ether oxygens (including phenoxy) is 2. The third-order valence-electron chi connectivity index (χ3n) is 5.18. The molecule has 3 heteroatoms. The summed E-state index contributed by atoms with van der Waals surface area (Å²) >= 11 is 0. The van der Waals surface area contributed by atoms with Crippen LogP contribution in [-0.4, -0.2) is 11.6 Å². The Morgan fingerprint density at radius 2 is 1.52 bits per heavy atom. The van der Waals surface area contributed by atoms with Crippen molar-refractivity contribution >= 4 is 11.5 Å². The highest BCUT2D eigenvalue weighted by Crippen LogP contribution is 2.25. The fourth-order valence-electron chi connectivity index (χ4n) is 3.19. The number of carbonyl (C=O) groups excluding carboxylic acids is 1. The van der Waals surface area contributed by atoms with Crippen LogP contribution in [0.5, 0.6) is 5.75 Å². The first-order chi connectivity index (χ1) is 14.8. The zero-order valence-corrected chi connectivity index (χ0v) is 18.6. The summed E-state index contributed by atoms with van der Waals surface area (Å²) in [5.74, 6) is 0.222. The summed E-state index contributed by atoms with van der Waals surface area (Å²) in [6.07, 6.45) is 1.85. The second kappa shape index (κ2) is 10.1. The molecule has 0 atom stereocenters. The summed E-state index contributed by atoms with van der Waals surface area (Å²) in [4.78, 5) is 12.5. The number of carbonyl (C=O) groups is 1. The van der Waals surface area contributed by atoms with Gasteiger partial charge in [-0.2, -0.15) is 0 Å². The monoisotopic (exact) mass is 414 g/mol. The maximum Gasteiger partial charge on any atom is 0.350 e. The van der Waals surface area contributed by atoms with Crippen molar-refractivity contribution < 1.29 is 14.3 Å². The van der Waals surface area contributed by atoms with Gasteiger partial charge in [0.25, 0.3) is 0 Å². The summed E-state index contributed by atoms with van der Waals surface area (Å²) in [6.45, 7) is 9.98. The van der Waals surface area contributed by atoms with E-state index in [2.05, 4.69) is 37.8 Å². The number of allylic oxidation sites excluding steroid dienone is 1. The Labute approximate surface area is 185 Å². The maximum atomic E-state index is 12.5. The molecule has 0 saturated heterocycles. The van der Waals surface area contributed by atoms with Gasteiger partial charge in [-0.15, -0.1) is 0 Å². The van der Waals surface area contributed by atoms with Crippen LogP contribution in [0.25, 0.3) is 5.57 Å². The fraction of sp³-hybridized carbons (Fsp3) is 0.250. The molecule has 3 nitrogen and oxygen atoms in total. The number of hydrogen-bond donors (Lipinski definition) is 0. The van der Waals surface area contributed by atoms with Gasteiger partial charge in [0.15, 0.2) is 5.60 Å². The van der Waals surface area contributed by atoms with Gasteiger partial charge >= 0.3 is 5.97 Å². The van der Waals surface area contributed by atoms with Crippen LogP contribution in [0, 0.1) is 6.92 Å². The lowest BCUT2D eigenvalue weighted by Gasteiger charge is -2.24. The molecule has 0 fully saturated rings. The molecule has 0 heterocycles. The number of hydrogen-bond acceptors (Lipinski definition) is 3. The molecule has 3 aromatic carbocycles. The van der Waals surface area contributed by atoms with Gasteiger partial charge in [0.1, 0.15) is 12.4 Å². The van der Waals surface area contributed by atoms with Crippen LogP contribution in [0.3, 0.4) is 0 Å². The standard InChI is InChI=1S/C28H30O3/c1-21-10-13-23(14-11-21)15-12-22(2)25-16-18-26(19-17-25)31-28(3,4)27(29)30-20-24-8-6-5-7-9-24/h5-11,13-14,16-19H,2,12,15,20H2,1,3-4H3. The molecular formula is C28H30O3. The first-order valence-corrected chi connectivity index (χ1v) is 10.6. The Morgan fingerprint density at radius 3 is 2.16 bits per heavy atom. The minimum Gasteiger partial charge on any atom is -0.476 e. The van der Waals surface area contributed by atoms with E-state index in [0.717, 1.165) is 29.5 Å². The molecule has 0 aromatic heterocycles. The zero-order valence-electron chi connectivity index (χ0n) is 18.6. The normalized spacial score (nSPS) is 11.1. The molecule has 0 bridgehead atoms. The van der Waals surface area contributed by atoms with Crippen LogP contribution in [-0.2, 0) is 22.6 Å². The minimum atomic E-state index is -1.08. The van der Waals surface area contributed by atoms with E-state index >= 15 is 0 Å². The van der Waals surface area contributed by atoms with Crippen molar-refractivity contribution in [1.29, 1.82) is 0 Å². The summed E-state index contributed by atoms with van der Waals surface area (Å²) in [7, 11) is 0. The highest BCUT2D eigenvalue weighted by Gasteiger charge is 2.32. The van der Waals surface area contributed by atoms with Crippen LogP contribution in [0.15, 0.2) is 85.4 Å². The first-order valence-electron chi connectivity index (χ1n) is 10.6. The highest BCUT2D eigenvalue weighted by atomic mass is 16.6. The third kappa shape index (κ3) is 6.58. The highest BCUT2D eigenvalue weighted by molar-refractivity contribution is 5.79. The Balaban J connectivity index is 1.52. The van der Waals surface area contributed by atoms with Gasteiger partial charge < -0.3 is 9.47 Å². The molecule has 160 valence electrons. The lowest BCUT2D eigenvalue weighted by Crippen LogP contribution is -2.39. The van der Waals surface area contributed by atoms with Crippen molar-refractivity contribution in [2.75, 3.05) is 0 Å². The summed E-state index contributed by atoms with van der Waals surface area (Å²) < 4.78 is 11.4. The Hall–Kier alpha value is -3.33. The van der Waals surface area contributed by atoms with Crippen molar-refractivity contribution in [1.82, 2.24) is 0 Å². The molecule has 0 N–H and O–H groups in total. The Morgan fingerprint density at radius 1 is 0.871 bits per heavy atom. The van der Waals surface area contributed by atoms with E-state index in [1.54, 1.807) is 13.8 Å². The second-order valence-corrected chi connectivity index (χ2v) is 8.29. The quantitative estimate of drug-likeness (QED) is 0.373. The summed E-state index contributed by atoms with van der Waals surface area (Å²) in [5, 5.41) is 0. The van der Waals surface area contributed by atoms with Crippen molar-refractivity contribution in [3.05, 3.63) is 108 Å². The minimum absolute atomic E-state index is 0.228. The number of rotatable bonds is 9. The molecule has 3 aromatic rings. The average Bonchev–Trinajstić information content (AvgIpc) is 2.77. The Kier molecular flexibility index (Phi) is 7.30. The second-order valence-electron chi connectivity index (χ2n) is 8.29. The molecule has 3 rings (SSSR count). The van der Waals surface area contributed by atoms with Crippen molar-refractivity contribution in [2.45, 2.75) is 45.8 Å². The lowest BCUT2D eigenvalue weighted by atomic mass is 9.99. The van der Waals surface area contributed by atoms with Gasteiger partial charge in [-0.3, -0.25) is 0 Å². The number of aryl methyl sites for hydroxylation is 2. The van der Waals surface area contributed by atoms with Crippen LogP contribution in [0.2, 0.25) is 0 Å². The predicted octanol–water partition coefficient (Wildman–Crippen LogP) is 6.54. The molecule has 0 amide bonds. The molecule has 0 aliphatic rings. The van der Waals surface area contributed by atoms with E-state index in [1.807, 2.05) is 54.6 Å². The molecule has 0 radical (unpaired) electrons. The van der Waals surface area contributed by atoms with Gasteiger partial charge in [0, 0.05) is 0 Å². The number of benzene rings is 3. The molecule has 0 spiro atoms. The molecule has 0 saturated carbocycles. The zero-order chi connectivity index (χ0) is 22.3. The third-order valence-corrected chi connectivity index (χ3v) is 5.18. The van der Waals surface area contributed by atoms with Crippen LogP contribution < -0.4 is 4.74 Å². The number of esters is 1. The van der Waals surface area contributed by atoms with Gasteiger partial charge in [-0.25, -0.2) is 4.79 Å². The average molecular weight is 415 g/mol. The molecule has 0 aliphatic heterocycles. The maximum absolute atomic E-state index is 12.5. The van der Waals surface area contributed by atoms with Crippen LogP contribution in [0.1, 0.15) is 42.5 Å². The van der Waals surface area contributed by atoms with Gasteiger partial charge in [0.2, 0.25) is 0 Å². The largest absolute Gasteiger partial charge is 0.476 e. The van der Waals surface area contributed by atoms with E-state index in [0.29, 0.717) is 5.75 Å². The first kappa shape index (κ1) is 22.4. The van der Waals surface area contributed by atoms with Crippen molar-refractivity contribution in [3.63, 3.8) is 0 Å². The van der Waals surface area contributed by atoms with E-state index < -0.39 is 11.6 Å². The molecule has 0 aliphatic carbocycles. The van der Waals surface area contributed by atoms with Gasteiger partial charge in [0.05, 0.1) is 0 Å². The van der Waals surface area contributed by atoms with E-state index in [1.165, 1.54) is 11.1 Å². The summed E-state index contributed by atoms with van der Waals surface area (Å²) in [5.41, 5.74) is 4.59. The molecule has 0 unspecified atom stereocenters. The Bertz CT molecular complexity index is 1000. The van der Waals surface area contributed by atoms with Gasteiger partial charge in [-0.05, 0) is 68.0 Å². The molecular weight excluding hydrogens is 384 g/mol. The topological polar surface area (TPSA) is 35.5 Å². The molecule has 31 heavy (non-hydrogen) atoms. The van der Waals surface area contributed by atoms with Gasteiger partial charge in [-0.1, -0.05) is 78.9 Å². The van der Waals surface area contributed by atoms with E-state index in [4.69, 9.17) is 9.47 Å². The van der Waals surface area contributed by atoms with Crippen molar-refractivity contribution in [2.24, 2.45) is 0 Å². The summed E-state index contributed by atoms with van der Waals surface area (Å²) in [6, 6.07) is 25.9. The van der Waals surface area contributed by atoms with E-state index in [9.17, 15) is 4.79 Å². The van der Waals surface area contributed by atoms with Crippen LogP contribution in [0.4, 0.5) is 0 Å². The lowest BCUT2D eigenvalue weighted by molar-refractivity contribution is -0.160. The van der Waals surface area contributed by atoms with Crippen LogP contribution >= 0.6 is 0 Å². The van der Waals surface area contributed by atoms with Crippen molar-refractivity contribution in [3.8, 4) is 5.75 Å². The smallest absolute Gasteiger partial charge is 0.350 e. The predicted molar refractivity (Wildman–Crippen MR) is 126 cm³/mol. The van der Waals surface area contributed by atoms with E-state index in [-0.39, 0.29) is 6.61 Å². The fourth-order valence-corrected chi connectivity index (χ4v) is 3.19.